The van der Waals surface area contributed by atoms with Crippen molar-refractivity contribution in [3.63, 3.8) is 0 Å². The molecule has 0 amide bonds. The van der Waals surface area contributed by atoms with Crippen molar-refractivity contribution < 1.29 is 37.0 Å². The summed E-state index contributed by atoms with van der Waals surface area (Å²) in [5.74, 6) is -3.44. The molecule has 0 saturated carbocycles. The van der Waals surface area contributed by atoms with Gasteiger partial charge in [-0.1, -0.05) is 13.8 Å². The first-order valence-electron chi connectivity index (χ1n) is 15.5. The number of nitrogens with one attached hydrogen (secondary N) is 1. The van der Waals surface area contributed by atoms with Crippen LogP contribution in [0.25, 0.3) is 27.8 Å². The molecule has 0 spiro atoms. The van der Waals surface area contributed by atoms with Crippen molar-refractivity contribution in [2.45, 2.75) is 52.0 Å². The van der Waals surface area contributed by atoms with Crippen LogP contribution in [0.15, 0.2) is 49.2 Å². The number of pyridine rings is 1. The topological polar surface area (TPSA) is 171 Å². The molecule has 0 unspecified atom stereocenters. The number of benzene rings is 1. The third-order valence-electron chi connectivity index (χ3n) is 8.02. The molecule has 0 atom stereocenters. The number of carboxylic acids is 2. The highest BCUT2D eigenvalue weighted by molar-refractivity contribution is 7.92. The second-order valence-electron chi connectivity index (χ2n) is 11.3. The maximum Gasteiger partial charge on any atom is 0.303 e. The largest absolute Gasteiger partial charge is 0.481 e. The van der Waals surface area contributed by atoms with Crippen LogP contribution in [-0.2, 0) is 19.6 Å². The SMILES string of the molecule is CCCS(=O)(=O)Nc1ccc(F)c(-n2cc(-c3cncnc3)c3nc(N(C)C4CCN(CC)CC4)ccc32)c1F.O=C(O)CCC(=O)O. The van der Waals surface area contributed by atoms with Gasteiger partial charge in [-0.15, -0.1) is 0 Å². The van der Waals surface area contributed by atoms with Gasteiger partial charge in [0.2, 0.25) is 10.0 Å². The van der Waals surface area contributed by atoms with E-state index in [2.05, 4.69) is 31.4 Å². The Bertz CT molecular complexity index is 1830. The number of carbonyl (C=O) groups is 2. The first-order chi connectivity index (χ1) is 22.8. The van der Waals surface area contributed by atoms with Crippen LogP contribution in [0.1, 0.15) is 46.0 Å². The third kappa shape index (κ3) is 8.80. The molecule has 4 heterocycles. The average Bonchev–Trinajstić information content (AvgIpc) is 3.44. The first kappa shape index (κ1) is 36.1. The molecule has 3 N–H and O–H groups in total. The van der Waals surface area contributed by atoms with E-state index in [1.165, 1.54) is 10.9 Å². The summed E-state index contributed by atoms with van der Waals surface area (Å²) in [4.78, 5) is 37.1. The number of fused-ring (bicyclic) bond motifs is 1. The lowest BCUT2D eigenvalue weighted by Crippen LogP contribution is -2.43. The lowest BCUT2D eigenvalue weighted by atomic mass is 10.0. The van der Waals surface area contributed by atoms with Crippen molar-refractivity contribution >= 4 is 44.5 Å². The second-order valence-corrected chi connectivity index (χ2v) is 13.2. The van der Waals surface area contributed by atoms with Crippen molar-refractivity contribution in [3.05, 3.63) is 60.8 Å². The van der Waals surface area contributed by atoms with Crippen LogP contribution in [0.4, 0.5) is 20.3 Å². The molecule has 0 bridgehead atoms. The predicted octanol–water partition coefficient (Wildman–Crippen LogP) is 4.77. The fourth-order valence-corrected chi connectivity index (χ4v) is 6.61. The molecule has 1 aromatic carbocycles. The van der Waals surface area contributed by atoms with Gasteiger partial charge in [0.15, 0.2) is 5.82 Å². The maximum absolute atomic E-state index is 15.8. The number of aliphatic carboxylic acids is 2. The highest BCUT2D eigenvalue weighted by Crippen LogP contribution is 2.36. The smallest absolute Gasteiger partial charge is 0.303 e. The predicted molar refractivity (Wildman–Crippen MR) is 178 cm³/mol. The Hall–Kier alpha value is -4.70. The highest BCUT2D eigenvalue weighted by Gasteiger charge is 2.26. The summed E-state index contributed by atoms with van der Waals surface area (Å²) in [6.45, 7) is 6.95. The fourth-order valence-electron chi connectivity index (χ4n) is 5.48. The van der Waals surface area contributed by atoms with E-state index in [9.17, 15) is 18.0 Å². The molecule has 1 saturated heterocycles. The Balaban J connectivity index is 0.000000579. The van der Waals surface area contributed by atoms with Gasteiger partial charge in [-0.05, 0) is 50.1 Å². The molecule has 1 aliphatic heterocycles. The van der Waals surface area contributed by atoms with E-state index in [-0.39, 0.29) is 24.3 Å². The van der Waals surface area contributed by atoms with E-state index in [1.807, 2.05) is 13.1 Å². The number of hydrogen-bond donors (Lipinski definition) is 3. The zero-order valence-electron chi connectivity index (χ0n) is 26.9. The van der Waals surface area contributed by atoms with Gasteiger partial charge in [-0.2, -0.15) is 0 Å². The number of nitrogens with zero attached hydrogens (tertiary/aromatic N) is 6. The van der Waals surface area contributed by atoms with Crippen LogP contribution in [0, 0.1) is 11.6 Å². The molecule has 3 aromatic heterocycles. The van der Waals surface area contributed by atoms with E-state index in [1.54, 1.807) is 31.6 Å². The molecule has 48 heavy (non-hydrogen) atoms. The lowest BCUT2D eigenvalue weighted by molar-refractivity contribution is -0.143. The van der Waals surface area contributed by atoms with E-state index >= 15 is 8.78 Å². The summed E-state index contributed by atoms with van der Waals surface area (Å²) >= 11 is 0. The summed E-state index contributed by atoms with van der Waals surface area (Å²) in [5.41, 5.74) is 1.50. The van der Waals surface area contributed by atoms with Crippen LogP contribution >= 0.6 is 0 Å². The van der Waals surface area contributed by atoms with Crippen molar-refractivity contribution in [2.75, 3.05) is 42.1 Å². The number of piperidine rings is 1. The molecular formula is C32H39F2N7O6S. The highest BCUT2D eigenvalue weighted by atomic mass is 32.2. The van der Waals surface area contributed by atoms with Crippen LogP contribution in [0.3, 0.4) is 0 Å². The van der Waals surface area contributed by atoms with Crippen molar-refractivity contribution in [2.24, 2.45) is 0 Å². The number of carboxylic acid groups (broad SMARTS) is 2. The summed E-state index contributed by atoms with van der Waals surface area (Å²) in [7, 11) is -1.77. The van der Waals surface area contributed by atoms with Crippen LogP contribution < -0.4 is 9.62 Å². The minimum atomic E-state index is -3.79. The van der Waals surface area contributed by atoms with E-state index in [0.29, 0.717) is 34.6 Å². The third-order valence-corrected chi connectivity index (χ3v) is 9.49. The number of halogens is 2. The molecule has 16 heteroatoms. The number of sulfonamides is 1. The van der Waals surface area contributed by atoms with Crippen molar-refractivity contribution in [3.8, 4) is 16.8 Å². The van der Waals surface area contributed by atoms with Gasteiger partial charge in [-0.25, -0.2) is 32.2 Å². The van der Waals surface area contributed by atoms with Crippen molar-refractivity contribution in [1.82, 2.24) is 24.4 Å². The summed E-state index contributed by atoms with van der Waals surface area (Å²) in [6, 6.07) is 6.10. The van der Waals surface area contributed by atoms with Gasteiger partial charge in [0.25, 0.3) is 0 Å². The first-order valence-corrected chi connectivity index (χ1v) is 17.2. The molecule has 1 fully saturated rings. The lowest BCUT2D eigenvalue weighted by Gasteiger charge is -2.36. The standard InChI is InChI=1S/C28H33F2N7O2S.C4H6O4/c1-4-14-40(38,39)34-23-7-6-22(29)28(26(23)30)37-17-21(19-15-31-18-32-16-19)27-24(37)8-9-25(33-27)35(3)20-10-12-36(5-2)13-11-20;5-3(6)1-2-4(7)8/h6-9,15-18,20,34H,4-5,10-14H2,1-3H3;1-2H2,(H,5,6)(H,7,8). The van der Waals surface area contributed by atoms with E-state index in [0.717, 1.165) is 50.4 Å². The summed E-state index contributed by atoms with van der Waals surface area (Å²) in [5, 5.41) is 15.8. The fraction of sp³-hybridized carbons (Fsp3) is 0.406. The van der Waals surface area contributed by atoms with E-state index in [4.69, 9.17) is 15.2 Å². The monoisotopic (exact) mass is 687 g/mol. The maximum atomic E-state index is 15.8. The average molecular weight is 688 g/mol. The molecular weight excluding hydrogens is 648 g/mol. The molecule has 0 aliphatic carbocycles. The summed E-state index contributed by atoms with van der Waals surface area (Å²) in [6.07, 6.45) is 8.03. The Labute approximate surface area is 277 Å². The Morgan fingerprint density at radius 3 is 2.25 bits per heavy atom. The minimum absolute atomic E-state index is 0.179. The Morgan fingerprint density at radius 2 is 1.67 bits per heavy atom. The van der Waals surface area contributed by atoms with Crippen LogP contribution in [0.5, 0.6) is 0 Å². The molecule has 4 aromatic rings. The molecule has 13 nitrogen and oxygen atoms in total. The zero-order chi connectivity index (χ0) is 35.0. The van der Waals surface area contributed by atoms with Gasteiger partial charge < -0.3 is 24.6 Å². The van der Waals surface area contributed by atoms with Gasteiger partial charge in [0.05, 0.1) is 35.3 Å². The number of hydrogen-bond acceptors (Lipinski definition) is 9. The number of rotatable bonds is 12. The van der Waals surface area contributed by atoms with Gasteiger partial charge >= 0.3 is 11.9 Å². The van der Waals surface area contributed by atoms with Crippen LogP contribution in [0.2, 0.25) is 0 Å². The van der Waals surface area contributed by atoms with Gasteiger partial charge in [0, 0.05) is 55.9 Å². The molecule has 1 aliphatic rings. The normalized spacial score (nSPS) is 13.9. The summed E-state index contributed by atoms with van der Waals surface area (Å²) < 4.78 is 59.4. The van der Waals surface area contributed by atoms with Crippen LogP contribution in [-0.4, -0.2) is 93.5 Å². The number of aromatic nitrogens is 4. The molecule has 258 valence electrons. The van der Waals surface area contributed by atoms with Gasteiger partial charge in [-0.3, -0.25) is 14.3 Å². The van der Waals surface area contributed by atoms with Crippen molar-refractivity contribution in [1.29, 1.82) is 0 Å². The Kier molecular flexibility index (Phi) is 12.0. The second kappa shape index (κ2) is 15.9. The minimum Gasteiger partial charge on any atom is -0.481 e. The Morgan fingerprint density at radius 1 is 1.02 bits per heavy atom. The quantitative estimate of drug-likeness (QED) is 0.187. The molecule has 0 radical (unpaired) electrons. The van der Waals surface area contributed by atoms with Gasteiger partial charge in [0.1, 0.15) is 23.6 Å². The zero-order valence-corrected chi connectivity index (χ0v) is 27.8. The van der Waals surface area contributed by atoms with E-state index < -0.39 is 39.3 Å². The number of anilines is 2. The molecule has 5 rings (SSSR count). The number of likely N-dealkylation sites (tertiary alicyclic amines) is 1.